The second kappa shape index (κ2) is 7.08. The first-order valence-corrected chi connectivity index (χ1v) is 10.7. The van der Waals surface area contributed by atoms with Crippen LogP contribution in [-0.4, -0.2) is 39.4 Å². The summed E-state index contributed by atoms with van der Waals surface area (Å²) in [7, 11) is -2.18. The van der Waals surface area contributed by atoms with Crippen LogP contribution in [0.25, 0.3) is 0 Å². The standard InChI is InChI=1S/C19H28N2O3S/c1-13-10-17(11-18(14(13)2)25(23,24)20-3)19(22)21-9-8-15-6-4-5-7-16(15)12-21/h10-11,15-16,20H,4-9,12H2,1-3H3/t15-,16+/m0/s1. The SMILES string of the molecule is CNS(=O)(=O)c1cc(C(=O)N2CC[C@@H]3CCCC[C@@H]3C2)cc(C)c1C. The molecule has 3 rings (SSSR count). The van der Waals surface area contributed by atoms with Crippen LogP contribution in [0.5, 0.6) is 0 Å². The van der Waals surface area contributed by atoms with Crippen LogP contribution in [0.2, 0.25) is 0 Å². The number of benzene rings is 1. The monoisotopic (exact) mass is 364 g/mol. The molecule has 25 heavy (non-hydrogen) atoms. The van der Waals surface area contributed by atoms with Gasteiger partial charge in [-0.15, -0.1) is 0 Å². The van der Waals surface area contributed by atoms with Crippen molar-refractivity contribution in [3.8, 4) is 0 Å². The molecule has 0 spiro atoms. The predicted molar refractivity (Wildman–Crippen MR) is 98.1 cm³/mol. The lowest BCUT2D eigenvalue weighted by Crippen LogP contribution is -2.44. The van der Waals surface area contributed by atoms with Crippen LogP contribution in [0.15, 0.2) is 17.0 Å². The van der Waals surface area contributed by atoms with Gasteiger partial charge in [0.05, 0.1) is 4.90 Å². The van der Waals surface area contributed by atoms with E-state index in [1.54, 1.807) is 6.92 Å². The number of fused-ring (bicyclic) bond motifs is 1. The minimum Gasteiger partial charge on any atom is -0.338 e. The van der Waals surface area contributed by atoms with Crippen molar-refractivity contribution in [3.63, 3.8) is 0 Å². The Bertz CT molecular complexity index is 773. The molecule has 2 fully saturated rings. The van der Waals surface area contributed by atoms with E-state index in [1.165, 1.54) is 38.8 Å². The first kappa shape index (κ1) is 18.4. The van der Waals surface area contributed by atoms with E-state index in [9.17, 15) is 13.2 Å². The fraction of sp³-hybridized carbons (Fsp3) is 0.632. The average molecular weight is 365 g/mol. The van der Waals surface area contributed by atoms with E-state index in [1.807, 2.05) is 17.9 Å². The van der Waals surface area contributed by atoms with Gasteiger partial charge in [-0.05, 0) is 68.8 Å². The van der Waals surface area contributed by atoms with E-state index in [2.05, 4.69) is 4.72 Å². The van der Waals surface area contributed by atoms with Crippen LogP contribution in [0.1, 0.15) is 53.6 Å². The van der Waals surface area contributed by atoms with Gasteiger partial charge in [0.1, 0.15) is 0 Å². The highest BCUT2D eigenvalue weighted by Crippen LogP contribution is 2.36. The smallest absolute Gasteiger partial charge is 0.253 e. The number of piperidine rings is 1. The lowest BCUT2D eigenvalue weighted by Gasteiger charge is -2.41. The topological polar surface area (TPSA) is 66.5 Å². The summed E-state index contributed by atoms with van der Waals surface area (Å²) in [5.74, 6) is 1.33. The van der Waals surface area contributed by atoms with E-state index in [0.717, 1.165) is 31.0 Å². The molecule has 0 aromatic heterocycles. The van der Waals surface area contributed by atoms with Gasteiger partial charge in [-0.3, -0.25) is 4.79 Å². The molecule has 5 nitrogen and oxygen atoms in total. The summed E-state index contributed by atoms with van der Waals surface area (Å²) >= 11 is 0. The Morgan fingerprint density at radius 1 is 1.12 bits per heavy atom. The van der Waals surface area contributed by atoms with Crippen molar-refractivity contribution in [2.75, 3.05) is 20.1 Å². The molecule has 1 amide bonds. The number of likely N-dealkylation sites (tertiary alicyclic amines) is 1. The van der Waals surface area contributed by atoms with Crippen LogP contribution >= 0.6 is 0 Å². The molecule has 1 aliphatic carbocycles. The minimum atomic E-state index is -3.58. The maximum Gasteiger partial charge on any atom is 0.253 e. The van der Waals surface area contributed by atoms with Crippen LogP contribution in [-0.2, 0) is 10.0 Å². The van der Waals surface area contributed by atoms with E-state index in [0.29, 0.717) is 17.0 Å². The number of hydrogen-bond acceptors (Lipinski definition) is 3. The fourth-order valence-corrected chi connectivity index (χ4v) is 5.37. The van der Waals surface area contributed by atoms with E-state index in [-0.39, 0.29) is 10.8 Å². The number of nitrogens with one attached hydrogen (secondary N) is 1. The van der Waals surface area contributed by atoms with Crippen LogP contribution in [0.4, 0.5) is 0 Å². The van der Waals surface area contributed by atoms with Gasteiger partial charge < -0.3 is 4.90 Å². The highest BCUT2D eigenvalue weighted by atomic mass is 32.2. The van der Waals surface area contributed by atoms with E-state index < -0.39 is 10.0 Å². The number of hydrogen-bond donors (Lipinski definition) is 1. The zero-order valence-corrected chi connectivity index (χ0v) is 16.2. The minimum absolute atomic E-state index is 0.0420. The Morgan fingerprint density at radius 2 is 1.80 bits per heavy atom. The van der Waals surface area contributed by atoms with Gasteiger partial charge in [0.25, 0.3) is 5.91 Å². The Kier molecular flexibility index (Phi) is 5.21. The lowest BCUT2D eigenvalue weighted by molar-refractivity contribution is 0.0520. The predicted octanol–water partition coefficient (Wildman–Crippen LogP) is 2.86. The third-order valence-electron chi connectivity index (χ3n) is 6.00. The van der Waals surface area contributed by atoms with Crippen LogP contribution < -0.4 is 4.72 Å². The molecular formula is C19H28N2O3S. The summed E-state index contributed by atoms with van der Waals surface area (Å²) < 4.78 is 26.9. The summed E-state index contributed by atoms with van der Waals surface area (Å²) in [5.41, 5.74) is 2.00. The number of sulfonamides is 1. The summed E-state index contributed by atoms with van der Waals surface area (Å²) in [5, 5.41) is 0. The van der Waals surface area contributed by atoms with Gasteiger partial charge in [-0.2, -0.15) is 0 Å². The molecule has 0 unspecified atom stereocenters. The highest BCUT2D eigenvalue weighted by Gasteiger charge is 2.33. The maximum absolute atomic E-state index is 13.0. The number of rotatable bonds is 3. The number of nitrogens with zero attached hydrogens (tertiary/aromatic N) is 1. The molecule has 1 aromatic rings. The van der Waals surface area contributed by atoms with Crippen molar-refractivity contribution in [2.24, 2.45) is 11.8 Å². The molecule has 1 aromatic carbocycles. The van der Waals surface area contributed by atoms with Crippen LogP contribution in [0.3, 0.4) is 0 Å². The molecule has 0 radical (unpaired) electrons. The van der Waals surface area contributed by atoms with Crippen molar-refractivity contribution >= 4 is 15.9 Å². The summed E-state index contributed by atoms with van der Waals surface area (Å²) in [6.07, 6.45) is 6.15. The molecule has 1 N–H and O–H groups in total. The molecule has 6 heteroatoms. The van der Waals surface area contributed by atoms with Crippen molar-refractivity contribution in [3.05, 3.63) is 28.8 Å². The number of carbonyl (C=O) groups is 1. The first-order valence-electron chi connectivity index (χ1n) is 9.17. The van der Waals surface area contributed by atoms with Gasteiger partial charge in [0.2, 0.25) is 10.0 Å². The molecule has 1 saturated carbocycles. The third-order valence-corrected chi connectivity index (χ3v) is 7.54. The Hall–Kier alpha value is -1.40. The normalized spacial score (nSPS) is 24.0. The molecule has 1 aliphatic heterocycles. The highest BCUT2D eigenvalue weighted by molar-refractivity contribution is 7.89. The van der Waals surface area contributed by atoms with Crippen molar-refractivity contribution in [1.29, 1.82) is 0 Å². The second-order valence-corrected chi connectivity index (χ2v) is 9.32. The Labute approximate surface area is 150 Å². The Morgan fingerprint density at radius 3 is 2.48 bits per heavy atom. The second-order valence-electron chi connectivity index (χ2n) is 7.47. The average Bonchev–Trinajstić information content (AvgIpc) is 2.62. The third kappa shape index (κ3) is 3.60. The quantitative estimate of drug-likeness (QED) is 0.897. The maximum atomic E-state index is 13.0. The van der Waals surface area contributed by atoms with Crippen molar-refractivity contribution in [2.45, 2.75) is 50.8 Å². The molecule has 2 atom stereocenters. The van der Waals surface area contributed by atoms with E-state index >= 15 is 0 Å². The molecule has 1 heterocycles. The lowest BCUT2D eigenvalue weighted by atomic mass is 9.75. The molecule has 1 saturated heterocycles. The van der Waals surface area contributed by atoms with E-state index in [4.69, 9.17) is 0 Å². The molecule has 138 valence electrons. The Balaban J connectivity index is 1.87. The summed E-state index contributed by atoms with van der Waals surface area (Å²) in [6, 6.07) is 3.35. The number of aryl methyl sites for hydroxylation is 1. The van der Waals surface area contributed by atoms with Crippen molar-refractivity contribution < 1.29 is 13.2 Å². The van der Waals surface area contributed by atoms with Gasteiger partial charge in [-0.1, -0.05) is 19.3 Å². The summed E-state index contributed by atoms with van der Waals surface area (Å²) in [4.78, 5) is 15.1. The number of amides is 1. The number of carbonyl (C=O) groups excluding carboxylic acids is 1. The zero-order valence-electron chi connectivity index (χ0n) is 15.3. The van der Waals surface area contributed by atoms with Gasteiger partial charge in [0.15, 0.2) is 0 Å². The van der Waals surface area contributed by atoms with Crippen LogP contribution in [0, 0.1) is 25.7 Å². The van der Waals surface area contributed by atoms with Crippen molar-refractivity contribution in [1.82, 2.24) is 9.62 Å². The van der Waals surface area contributed by atoms with Gasteiger partial charge in [0, 0.05) is 18.7 Å². The molecular weight excluding hydrogens is 336 g/mol. The largest absolute Gasteiger partial charge is 0.338 e. The zero-order chi connectivity index (χ0) is 18.2. The first-order chi connectivity index (χ1) is 11.8. The van der Waals surface area contributed by atoms with Gasteiger partial charge >= 0.3 is 0 Å². The summed E-state index contributed by atoms with van der Waals surface area (Å²) in [6.45, 7) is 5.22. The molecule has 2 aliphatic rings. The van der Waals surface area contributed by atoms with Gasteiger partial charge in [-0.25, -0.2) is 13.1 Å². The molecule has 0 bridgehead atoms. The fourth-order valence-electron chi connectivity index (χ4n) is 4.31.